The molecule has 7 rings (SSSR count). The summed E-state index contributed by atoms with van der Waals surface area (Å²) >= 11 is 0. The Morgan fingerprint density at radius 2 is 1.53 bits per heavy atom. The Morgan fingerprint density at radius 3 is 2.25 bits per heavy atom. The van der Waals surface area contributed by atoms with Gasteiger partial charge in [-0.25, -0.2) is 4.98 Å². The molecule has 0 saturated heterocycles. The second-order valence-electron chi connectivity index (χ2n) is 16.5. The van der Waals surface area contributed by atoms with Crippen LogP contribution in [0.3, 0.4) is 0 Å². The van der Waals surface area contributed by atoms with E-state index in [9.17, 15) is 0 Å². The molecule has 0 radical (unpaired) electrons. The van der Waals surface area contributed by atoms with Crippen molar-refractivity contribution in [3.8, 4) is 34.1 Å². The molecule has 4 aromatic carbocycles. The van der Waals surface area contributed by atoms with Crippen molar-refractivity contribution in [2.75, 3.05) is 0 Å². The number of hydrogen-bond acceptors (Lipinski definition) is 3. The van der Waals surface area contributed by atoms with E-state index in [0.717, 1.165) is 68.0 Å². The molecule has 7 aromatic rings. The van der Waals surface area contributed by atoms with E-state index < -0.39 is 0 Å². The van der Waals surface area contributed by atoms with Crippen LogP contribution in [0, 0.1) is 38.3 Å². The van der Waals surface area contributed by atoms with Crippen LogP contribution in [-0.4, -0.2) is 19.3 Å². The number of unbranched alkanes of at least 4 members (excludes halogenated alkanes) is 1. The first-order chi connectivity index (χ1) is 24.7. The third kappa shape index (κ3) is 8.21. The average molecular weight is 882 g/mol. The molecule has 0 N–H and O–H groups in total. The molecule has 0 atom stereocenters. The van der Waals surface area contributed by atoms with Crippen molar-refractivity contribution in [3.63, 3.8) is 0 Å². The smallest absolute Gasteiger partial charge is 0.509 e. The predicted octanol–water partition coefficient (Wildman–Crippen LogP) is 12.4. The number of hydrogen-bond donors (Lipinski definition) is 0. The summed E-state index contributed by atoms with van der Waals surface area (Å²) in [5, 5.41) is 7.33. The standard InChI is InChI=1S/C47H50N4O.Pt/c1-31-22-24-48-44(25-31)50-42-21-18-34(15-13-14-23-46(4,5)6)26-41(42)40-20-19-38(30-43(40)50)52-39-28-36(47(7,8)9)27-37(29-39)51-33(3)45(32(2)49-51)35-16-11-10-12-17-35;/h10-12,16-22,24-28H,13-15,23H2,1-9H3;/q-2;+2. The third-order valence-corrected chi connectivity index (χ3v) is 9.98. The summed E-state index contributed by atoms with van der Waals surface area (Å²) in [5.74, 6) is 2.12. The molecule has 0 fully saturated rings. The van der Waals surface area contributed by atoms with Crippen molar-refractivity contribution in [1.82, 2.24) is 19.3 Å². The second kappa shape index (κ2) is 15.1. The van der Waals surface area contributed by atoms with Gasteiger partial charge in [-0.1, -0.05) is 95.9 Å². The van der Waals surface area contributed by atoms with E-state index in [-0.39, 0.29) is 26.5 Å². The minimum atomic E-state index is -0.123. The number of nitrogens with zero attached hydrogens (tertiary/aromatic N) is 4. The van der Waals surface area contributed by atoms with E-state index in [0.29, 0.717) is 16.9 Å². The zero-order valence-electron chi connectivity index (χ0n) is 32.5. The minimum absolute atomic E-state index is 0. The minimum Gasteiger partial charge on any atom is -0.509 e. The summed E-state index contributed by atoms with van der Waals surface area (Å²) in [4.78, 5) is 4.81. The van der Waals surface area contributed by atoms with Crippen LogP contribution in [0.5, 0.6) is 11.5 Å². The monoisotopic (exact) mass is 881 g/mol. The van der Waals surface area contributed by atoms with Crippen LogP contribution >= 0.6 is 0 Å². The van der Waals surface area contributed by atoms with Gasteiger partial charge in [0.15, 0.2) is 0 Å². The maximum absolute atomic E-state index is 6.69. The van der Waals surface area contributed by atoms with Gasteiger partial charge in [0.2, 0.25) is 0 Å². The maximum atomic E-state index is 6.69. The third-order valence-electron chi connectivity index (χ3n) is 9.98. The number of ether oxygens (including phenoxy) is 1. The first kappa shape index (κ1) is 38.3. The van der Waals surface area contributed by atoms with Crippen molar-refractivity contribution in [1.29, 1.82) is 0 Å². The molecular formula is C47H50N4OPt. The summed E-state index contributed by atoms with van der Waals surface area (Å²) in [5.41, 5.74) is 11.1. The van der Waals surface area contributed by atoms with Gasteiger partial charge < -0.3 is 9.30 Å². The Balaban J connectivity index is 0.00000481. The Kier molecular flexibility index (Phi) is 10.9. The fraction of sp³-hybridized carbons (Fsp3) is 0.319. The molecule has 0 aliphatic rings. The van der Waals surface area contributed by atoms with Gasteiger partial charge >= 0.3 is 21.1 Å². The van der Waals surface area contributed by atoms with Crippen molar-refractivity contribution >= 4 is 21.8 Å². The zero-order valence-corrected chi connectivity index (χ0v) is 34.8. The molecule has 0 amide bonds. The molecule has 274 valence electrons. The maximum Gasteiger partial charge on any atom is 2.00 e. The number of aromatic nitrogens is 4. The van der Waals surface area contributed by atoms with E-state index in [1.54, 1.807) is 0 Å². The fourth-order valence-corrected chi connectivity index (χ4v) is 7.20. The first-order valence-electron chi connectivity index (χ1n) is 18.6. The molecule has 6 heteroatoms. The molecule has 5 nitrogen and oxygen atoms in total. The van der Waals surface area contributed by atoms with Gasteiger partial charge in [0, 0.05) is 34.5 Å². The summed E-state index contributed by atoms with van der Waals surface area (Å²) in [6.07, 6.45) is 6.59. The number of pyridine rings is 1. The van der Waals surface area contributed by atoms with Crippen LogP contribution in [0.1, 0.15) is 88.9 Å². The SMILES string of the molecule is Cc1ccnc(-n2c3[c-]c(Oc4[c-]c(-n5nc(C)c(-c6ccccc6)c5C)cc(C(C)(C)C)c4)ccc3c3cc(CCCCC(C)(C)C)ccc32)c1.[Pt+2]. The summed E-state index contributed by atoms with van der Waals surface area (Å²) in [7, 11) is 0. The number of aryl methyl sites for hydroxylation is 3. The number of benzene rings is 4. The largest absolute Gasteiger partial charge is 2.00 e. The van der Waals surface area contributed by atoms with Crippen LogP contribution in [-0.2, 0) is 32.9 Å². The van der Waals surface area contributed by atoms with Crippen LogP contribution in [0.4, 0.5) is 0 Å². The first-order valence-corrected chi connectivity index (χ1v) is 18.6. The molecule has 0 aliphatic heterocycles. The van der Waals surface area contributed by atoms with E-state index in [1.807, 2.05) is 29.1 Å². The molecule has 0 bridgehead atoms. The molecule has 3 aromatic heterocycles. The van der Waals surface area contributed by atoms with Crippen LogP contribution in [0.15, 0.2) is 91.1 Å². The molecule has 0 unspecified atom stereocenters. The van der Waals surface area contributed by atoms with Gasteiger partial charge in [0.25, 0.3) is 0 Å². The van der Waals surface area contributed by atoms with Crippen molar-refractivity contribution in [2.24, 2.45) is 5.41 Å². The van der Waals surface area contributed by atoms with Crippen molar-refractivity contribution in [3.05, 3.63) is 131 Å². The summed E-state index contributed by atoms with van der Waals surface area (Å²) in [6.45, 7) is 19.9. The van der Waals surface area contributed by atoms with Gasteiger partial charge in [-0.2, -0.15) is 11.2 Å². The van der Waals surface area contributed by atoms with Gasteiger partial charge in [-0.15, -0.1) is 41.3 Å². The van der Waals surface area contributed by atoms with Gasteiger partial charge in [0.05, 0.1) is 5.69 Å². The normalized spacial score (nSPS) is 12.0. The fourth-order valence-electron chi connectivity index (χ4n) is 7.20. The Morgan fingerprint density at radius 1 is 0.755 bits per heavy atom. The second-order valence-corrected chi connectivity index (χ2v) is 16.5. The molecule has 53 heavy (non-hydrogen) atoms. The molecule has 0 spiro atoms. The molecule has 0 saturated carbocycles. The molecule has 3 heterocycles. The summed E-state index contributed by atoms with van der Waals surface area (Å²) in [6, 6.07) is 37.2. The average Bonchev–Trinajstić information content (AvgIpc) is 3.58. The Bertz CT molecular complexity index is 2390. The van der Waals surface area contributed by atoms with E-state index in [1.165, 1.54) is 30.2 Å². The van der Waals surface area contributed by atoms with Gasteiger partial charge in [-0.3, -0.25) is 4.68 Å². The Hall–Kier alpha value is -4.47. The van der Waals surface area contributed by atoms with E-state index in [2.05, 4.69) is 146 Å². The predicted molar refractivity (Wildman–Crippen MR) is 215 cm³/mol. The van der Waals surface area contributed by atoms with E-state index >= 15 is 0 Å². The number of rotatable bonds is 9. The van der Waals surface area contributed by atoms with Crippen LogP contribution < -0.4 is 4.74 Å². The van der Waals surface area contributed by atoms with Crippen LogP contribution in [0.25, 0.3) is 44.4 Å². The van der Waals surface area contributed by atoms with Crippen molar-refractivity contribution < 1.29 is 25.8 Å². The van der Waals surface area contributed by atoms with Gasteiger partial charge in [0.1, 0.15) is 5.82 Å². The quantitative estimate of drug-likeness (QED) is 0.107. The van der Waals surface area contributed by atoms with Crippen LogP contribution in [0.2, 0.25) is 0 Å². The van der Waals surface area contributed by atoms with Crippen molar-refractivity contribution in [2.45, 2.75) is 93.4 Å². The van der Waals surface area contributed by atoms with Gasteiger partial charge in [-0.05, 0) is 96.8 Å². The number of fused-ring (bicyclic) bond motifs is 3. The Labute approximate surface area is 329 Å². The van der Waals surface area contributed by atoms with E-state index in [4.69, 9.17) is 14.8 Å². The molecule has 0 aliphatic carbocycles. The molecular weight excluding hydrogens is 832 g/mol. The topological polar surface area (TPSA) is 44.9 Å². The summed E-state index contributed by atoms with van der Waals surface area (Å²) < 4.78 is 10.9. The zero-order chi connectivity index (χ0) is 36.8.